The molecule has 0 radical (unpaired) electrons. The molecule has 0 spiro atoms. The van der Waals surface area contributed by atoms with E-state index >= 15 is 0 Å². The molecule has 0 unspecified atom stereocenters. The van der Waals surface area contributed by atoms with Gasteiger partial charge < -0.3 is 14.5 Å². The fourth-order valence-corrected chi connectivity index (χ4v) is 3.63. The van der Waals surface area contributed by atoms with Crippen molar-refractivity contribution in [1.29, 1.82) is 0 Å². The first-order valence-corrected chi connectivity index (χ1v) is 8.03. The maximum Gasteiger partial charge on any atom is 0.260 e. The molecule has 1 amide bonds. The van der Waals surface area contributed by atoms with Crippen LogP contribution in [0.25, 0.3) is 0 Å². The third kappa shape index (κ3) is 3.24. The molecule has 22 heavy (non-hydrogen) atoms. The van der Waals surface area contributed by atoms with E-state index < -0.39 is 0 Å². The predicted octanol–water partition coefficient (Wildman–Crippen LogP) is 2.29. The standard InChI is InChI=1S/C17H23FN2O2/c1-19-11-9-16-15(19)4-2-3-10-20(16)17(21)12-22-14-7-5-13(18)6-8-14/h5-8,15-16H,2-4,9-12H2,1H3/t15-,16-/m1/s1. The highest BCUT2D eigenvalue weighted by Crippen LogP contribution is 2.29. The Morgan fingerprint density at radius 3 is 2.73 bits per heavy atom. The van der Waals surface area contributed by atoms with E-state index in [1.165, 1.54) is 25.0 Å². The monoisotopic (exact) mass is 306 g/mol. The lowest BCUT2D eigenvalue weighted by Gasteiger charge is -2.32. The topological polar surface area (TPSA) is 32.8 Å². The highest BCUT2D eigenvalue weighted by atomic mass is 19.1. The molecule has 0 bridgehead atoms. The van der Waals surface area contributed by atoms with Crippen molar-refractivity contribution in [3.05, 3.63) is 30.1 Å². The summed E-state index contributed by atoms with van der Waals surface area (Å²) in [6.07, 6.45) is 4.45. The number of fused-ring (bicyclic) bond motifs is 1. The number of hydrogen-bond donors (Lipinski definition) is 0. The molecule has 0 aromatic heterocycles. The van der Waals surface area contributed by atoms with Gasteiger partial charge in [0.05, 0.1) is 0 Å². The summed E-state index contributed by atoms with van der Waals surface area (Å²) < 4.78 is 18.4. The second-order valence-corrected chi connectivity index (χ2v) is 6.23. The first-order chi connectivity index (χ1) is 10.6. The van der Waals surface area contributed by atoms with Crippen LogP contribution in [0.2, 0.25) is 0 Å². The largest absolute Gasteiger partial charge is 0.484 e. The van der Waals surface area contributed by atoms with Gasteiger partial charge in [-0.1, -0.05) is 6.42 Å². The van der Waals surface area contributed by atoms with Gasteiger partial charge in [-0.25, -0.2) is 4.39 Å². The summed E-state index contributed by atoms with van der Waals surface area (Å²) in [6.45, 7) is 1.90. The first-order valence-electron chi connectivity index (χ1n) is 8.03. The van der Waals surface area contributed by atoms with E-state index in [0.717, 1.165) is 25.9 Å². The molecule has 0 N–H and O–H groups in total. The molecule has 120 valence electrons. The van der Waals surface area contributed by atoms with Gasteiger partial charge in [0.1, 0.15) is 11.6 Å². The second kappa shape index (κ2) is 6.65. The highest BCUT2D eigenvalue weighted by Gasteiger charge is 2.38. The van der Waals surface area contributed by atoms with Gasteiger partial charge >= 0.3 is 0 Å². The lowest BCUT2D eigenvalue weighted by atomic mass is 10.0. The van der Waals surface area contributed by atoms with Gasteiger partial charge in [0.25, 0.3) is 5.91 Å². The molecule has 2 fully saturated rings. The van der Waals surface area contributed by atoms with E-state index in [1.54, 1.807) is 12.1 Å². The molecular weight excluding hydrogens is 283 g/mol. The minimum Gasteiger partial charge on any atom is -0.484 e. The third-order valence-electron chi connectivity index (χ3n) is 4.83. The number of likely N-dealkylation sites (tertiary alicyclic amines) is 2. The van der Waals surface area contributed by atoms with Crippen molar-refractivity contribution >= 4 is 5.91 Å². The van der Waals surface area contributed by atoms with E-state index in [2.05, 4.69) is 11.9 Å². The van der Waals surface area contributed by atoms with E-state index in [1.807, 2.05) is 4.90 Å². The molecule has 0 saturated carbocycles. The lowest BCUT2D eigenvalue weighted by molar-refractivity contribution is -0.135. The number of nitrogens with zero attached hydrogens (tertiary/aromatic N) is 2. The quantitative estimate of drug-likeness (QED) is 0.859. The molecule has 2 atom stereocenters. The van der Waals surface area contributed by atoms with Crippen LogP contribution in [0.1, 0.15) is 25.7 Å². The Hall–Kier alpha value is -1.62. The number of carbonyl (C=O) groups is 1. The van der Waals surface area contributed by atoms with Crippen molar-refractivity contribution in [3.63, 3.8) is 0 Å². The molecule has 0 aliphatic carbocycles. The summed E-state index contributed by atoms with van der Waals surface area (Å²) in [5, 5.41) is 0. The van der Waals surface area contributed by atoms with Crippen molar-refractivity contribution in [2.45, 2.75) is 37.8 Å². The molecule has 2 heterocycles. The van der Waals surface area contributed by atoms with Crippen molar-refractivity contribution in [2.24, 2.45) is 0 Å². The lowest BCUT2D eigenvalue weighted by Crippen LogP contribution is -2.47. The molecule has 2 saturated heterocycles. The minimum atomic E-state index is -0.303. The Bertz CT molecular complexity index is 520. The summed E-state index contributed by atoms with van der Waals surface area (Å²) in [4.78, 5) is 16.9. The second-order valence-electron chi connectivity index (χ2n) is 6.23. The number of benzene rings is 1. The van der Waals surface area contributed by atoms with Crippen molar-refractivity contribution in [1.82, 2.24) is 9.80 Å². The zero-order valence-corrected chi connectivity index (χ0v) is 13.0. The van der Waals surface area contributed by atoms with Gasteiger partial charge in [-0.3, -0.25) is 4.79 Å². The zero-order chi connectivity index (χ0) is 15.5. The summed E-state index contributed by atoms with van der Waals surface area (Å²) >= 11 is 0. The summed E-state index contributed by atoms with van der Waals surface area (Å²) in [6, 6.07) is 6.59. The number of ether oxygens (including phenoxy) is 1. The molecular formula is C17H23FN2O2. The average molecular weight is 306 g/mol. The van der Waals surface area contributed by atoms with Gasteiger partial charge in [0.15, 0.2) is 6.61 Å². The molecule has 3 rings (SSSR count). The highest BCUT2D eigenvalue weighted by molar-refractivity contribution is 5.78. The Labute approximate surface area is 130 Å². The fourth-order valence-electron chi connectivity index (χ4n) is 3.63. The minimum absolute atomic E-state index is 0.0264. The van der Waals surface area contributed by atoms with Gasteiger partial charge in [0, 0.05) is 25.2 Å². The van der Waals surface area contributed by atoms with Crippen LogP contribution in [0.4, 0.5) is 4.39 Å². The van der Waals surface area contributed by atoms with Crippen molar-refractivity contribution in [3.8, 4) is 5.75 Å². The summed E-state index contributed by atoms with van der Waals surface area (Å²) in [5.74, 6) is 0.268. The van der Waals surface area contributed by atoms with E-state index in [9.17, 15) is 9.18 Å². The van der Waals surface area contributed by atoms with E-state index in [-0.39, 0.29) is 18.3 Å². The fraction of sp³-hybridized carbons (Fsp3) is 0.588. The van der Waals surface area contributed by atoms with Gasteiger partial charge in [-0.15, -0.1) is 0 Å². The van der Waals surface area contributed by atoms with Gasteiger partial charge in [-0.2, -0.15) is 0 Å². The van der Waals surface area contributed by atoms with Gasteiger partial charge in [0.2, 0.25) is 0 Å². The van der Waals surface area contributed by atoms with Crippen LogP contribution in [0.5, 0.6) is 5.75 Å². The molecule has 5 heteroatoms. The SMILES string of the molecule is CN1CC[C@@H]2[C@H]1CCCCN2C(=O)COc1ccc(F)cc1. The predicted molar refractivity (Wildman–Crippen MR) is 82.3 cm³/mol. The van der Waals surface area contributed by atoms with Gasteiger partial charge in [-0.05, 0) is 50.6 Å². The van der Waals surface area contributed by atoms with Crippen LogP contribution in [0.3, 0.4) is 0 Å². The molecule has 1 aromatic carbocycles. The summed E-state index contributed by atoms with van der Waals surface area (Å²) in [7, 11) is 2.15. The number of likely N-dealkylation sites (N-methyl/N-ethyl adjacent to an activating group) is 1. The van der Waals surface area contributed by atoms with Crippen LogP contribution in [0, 0.1) is 5.82 Å². The number of carbonyl (C=O) groups excluding carboxylic acids is 1. The van der Waals surface area contributed by atoms with Crippen LogP contribution >= 0.6 is 0 Å². The van der Waals surface area contributed by atoms with Crippen LogP contribution in [0.15, 0.2) is 24.3 Å². The average Bonchev–Trinajstić information content (AvgIpc) is 2.75. The number of rotatable bonds is 3. The molecule has 2 aliphatic heterocycles. The van der Waals surface area contributed by atoms with Crippen LogP contribution < -0.4 is 4.74 Å². The molecule has 1 aromatic rings. The number of halogens is 1. The number of amides is 1. The normalized spacial score (nSPS) is 25.6. The smallest absolute Gasteiger partial charge is 0.260 e. The van der Waals surface area contributed by atoms with E-state index in [4.69, 9.17) is 4.74 Å². The first kappa shape index (κ1) is 15.3. The Morgan fingerprint density at radius 2 is 1.95 bits per heavy atom. The van der Waals surface area contributed by atoms with Crippen LogP contribution in [-0.4, -0.2) is 54.5 Å². The van der Waals surface area contributed by atoms with Crippen molar-refractivity contribution < 1.29 is 13.9 Å². The third-order valence-corrected chi connectivity index (χ3v) is 4.83. The molecule has 4 nitrogen and oxygen atoms in total. The Balaban J connectivity index is 1.61. The maximum atomic E-state index is 12.9. The van der Waals surface area contributed by atoms with E-state index in [0.29, 0.717) is 17.8 Å². The van der Waals surface area contributed by atoms with Crippen LogP contribution in [-0.2, 0) is 4.79 Å². The number of hydrogen-bond acceptors (Lipinski definition) is 3. The summed E-state index contributed by atoms with van der Waals surface area (Å²) in [5.41, 5.74) is 0. The Morgan fingerprint density at radius 1 is 1.18 bits per heavy atom. The maximum absolute atomic E-state index is 12.9. The molecule has 2 aliphatic rings. The van der Waals surface area contributed by atoms with Crippen molar-refractivity contribution in [2.75, 3.05) is 26.7 Å². The Kier molecular flexibility index (Phi) is 4.62. The zero-order valence-electron chi connectivity index (χ0n) is 13.0.